The van der Waals surface area contributed by atoms with E-state index in [1.807, 2.05) is 38.1 Å². The molecule has 29 heavy (non-hydrogen) atoms. The smallest absolute Gasteiger partial charge is 0.256 e. The van der Waals surface area contributed by atoms with Crippen molar-refractivity contribution in [1.82, 2.24) is 4.90 Å². The van der Waals surface area contributed by atoms with E-state index in [0.29, 0.717) is 25.6 Å². The van der Waals surface area contributed by atoms with Gasteiger partial charge in [-0.05, 0) is 68.7 Å². The van der Waals surface area contributed by atoms with Crippen molar-refractivity contribution in [2.45, 2.75) is 60.0 Å². The molecule has 0 unspecified atom stereocenters. The Morgan fingerprint density at radius 2 is 1.83 bits per heavy atom. The van der Waals surface area contributed by atoms with E-state index < -0.39 is 5.60 Å². The summed E-state index contributed by atoms with van der Waals surface area (Å²) in [7, 11) is 0. The highest BCUT2D eigenvalue weighted by atomic mass is 16.5. The summed E-state index contributed by atoms with van der Waals surface area (Å²) in [6.07, 6.45) is 2.01. The zero-order valence-electron chi connectivity index (χ0n) is 19.2. The van der Waals surface area contributed by atoms with Gasteiger partial charge in [0.05, 0.1) is 0 Å². The minimum Gasteiger partial charge on any atom is -0.492 e. The van der Waals surface area contributed by atoms with E-state index in [9.17, 15) is 4.79 Å². The Hall–Kier alpha value is -1.59. The van der Waals surface area contributed by atoms with Crippen molar-refractivity contribution in [2.75, 3.05) is 38.2 Å². The largest absolute Gasteiger partial charge is 0.492 e. The monoisotopic (exact) mass is 404 g/mol. The predicted molar refractivity (Wildman–Crippen MR) is 119 cm³/mol. The van der Waals surface area contributed by atoms with Gasteiger partial charge >= 0.3 is 0 Å². The molecule has 164 valence electrons. The van der Waals surface area contributed by atoms with E-state index in [1.165, 1.54) is 6.42 Å². The number of nitrogens with zero attached hydrogens (tertiary/aromatic N) is 1. The van der Waals surface area contributed by atoms with Crippen molar-refractivity contribution < 1.29 is 14.3 Å². The molecule has 0 spiro atoms. The number of likely N-dealkylation sites (tertiary alicyclic amines) is 1. The number of piperidine rings is 1. The highest BCUT2D eigenvalue weighted by molar-refractivity contribution is 5.97. The quantitative estimate of drug-likeness (QED) is 0.607. The summed E-state index contributed by atoms with van der Waals surface area (Å²) < 4.78 is 11.7. The number of ether oxygens (including phenoxy) is 2. The van der Waals surface area contributed by atoms with Crippen LogP contribution in [-0.2, 0) is 9.53 Å². The van der Waals surface area contributed by atoms with Crippen molar-refractivity contribution in [2.24, 2.45) is 17.8 Å². The minimum atomic E-state index is -0.819. The van der Waals surface area contributed by atoms with Gasteiger partial charge in [0.2, 0.25) is 0 Å². The molecule has 0 bridgehead atoms. The zero-order valence-corrected chi connectivity index (χ0v) is 19.2. The van der Waals surface area contributed by atoms with Crippen molar-refractivity contribution in [3.8, 4) is 5.75 Å². The Morgan fingerprint density at radius 3 is 2.38 bits per heavy atom. The van der Waals surface area contributed by atoms with E-state index in [1.54, 1.807) is 0 Å². The van der Waals surface area contributed by atoms with Crippen LogP contribution in [0.25, 0.3) is 0 Å². The molecule has 0 aromatic heterocycles. The third-order valence-electron chi connectivity index (χ3n) is 5.47. The summed E-state index contributed by atoms with van der Waals surface area (Å²) in [5.74, 6) is 2.63. The van der Waals surface area contributed by atoms with Gasteiger partial charge in [0.15, 0.2) is 0 Å². The maximum Gasteiger partial charge on any atom is 0.256 e. The summed E-state index contributed by atoms with van der Waals surface area (Å²) in [6.45, 7) is 17.1. The van der Waals surface area contributed by atoms with Crippen molar-refractivity contribution in [3.63, 3.8) is 0 Å². The SMILES string of the molecule is CCO[C@@](C)(CC(C)C)C(=O)Nc1ccc(OCCN2C[C@H](C)C[C@H](C)C2)cc1. The van der Waals surface area contributed by atoms with Crippen molar-refractivity contribution in [3.05, 3.63) is 24.3 Å². The molecular formula is C24H40N2O3. The predicted octanol–water partition coefficient (Wildman–Crippen LogP) is 4.82. The van der Waals surface area contributed by atoms with Crippen LogP contribution in [-0.4, -0.2) is 49.3 Å². The lowest BCUT2D eigenvalue weighted by Crippen LogP contribution is -2.43. The van der Waals surface area contributed by atoms with Gasteiger partial charge in [-0.15, -0.1) is 0 Å². The second-order valence-corrected chi connectivity index (χ2v) is 9.29. The normalized spacial score (nSPS) is 22.3. The summed E-state index contributed by atoms with van der Waals surface area (Å²) in [4.78, 5) is 15.3. The molecule has 2 rings (SSSR count). The lowest BCUT2D eigenvalue weighted by molar-refractivity contribution is -0.140. The van der Waals surface area contributed by atoms with E-state index >= 15 is 0 Å². The molecule has 3 atom stereocenters. The van der Waals surface area contributed by atoms with Crippen LogP contribution in [0.4, 0.5) is 5.69 Å². The minimum absolute atomic E-state index is 0.102. The van der Waals surface area contributed by atoms with Gasteiger partial charge in [-0.2, -0.15) is 0 Å². The number of anilines is 1. The molecule has 1 heterocycles. The first-order valence-electron chi connectivity index (χ1n) is 11.1. The lowest BCUT2D eigenvalue weighted by Gasteiger charge is -2.34. The fourth-order valence-corrected chi connectivity index (χ4v) is 4.48. The standard InChI is InChI=1S/C24H40N2O3/c1-7-29-24(6,15-18(2)3)23(27)25-21-8-10-22(11-9-21)28-13-12-26-16-19(4)14-20(5)17-26/h8-11,18-20H,7,12-17H2,1-6H3,(H,25,27)/t19-,20+,24-/m0/s1. The van der Waals surface area contributed by atoms with Crippen LogP contribution in [0.2, 0.25) is 0 Å². The Morgan fingerprint density at radius 1 is 1.21 bits per heavy atom. The molecule has 0 radical (unpaired) electrons. The maximum atomic E-state index is 12.8. The number of amides is 1. The van der Waals surface area contributed by atoms with Gasteiger partial charge in [0.1, 0.15) is 18.0 Å². The van der Waals surface area contributed by atoms with Crippen LogP contribution in [0, 0.1) is 17.8 Å². The number of nitrogens with one attached hydrogen (secondary N) is 1. The second-order valence-electron chi connectivity index (χ2n) is 9.29. The fourth-order valence-electron chi connectivity index (χ4n) is 4.48. The number of carbonyl (C=O) groups is 1. The molecule has 1 aromatic rings. The van der Waals surface area contributed by atoms with Crippen LogP contribution in [0.3, 0.4) is 0 Å². The molecule has 1 fully saturated rings. The van der Waals surface area contributed by atoms with E-state index in [0.717, 1.165) is 42.9 Å². The number of rotatable bonds is 10. The van der Waals surface area contributed by atoms with E-state index in [-0.39, 0.29) is 5.91 Å². The number of benzene rings is 1. The first-order valence-corrected chi connectivity index (χ1v) is 11.1. The van der Waals surface area contributed by atoms with Crippen LogP contribution in [0.1, 0.15) is 54.4 Å². The molecule has 1 aliphatic rings. The van der Waals surface area contributed by atoms with Crippen LogP contribution in [0.5, 0.6) is 5.75 Å². The Labute approximate surface area is 177 Å². The molecule has 1 aliphatic heterocycles. The van der Waals surface area contributed by atoms with Crippen LogP contribution >= 0.6 is 0 Å². The van der Waals surface area contributed by atoms with Gasteiger partial charge in [-0.25, -0.2) is 0 Å². The fraction of sp³-hybridized carbons (Fsp3) is 0.708. The van der Waals surface area contributed by atoms with Gasteiger partial charge < -0.3 is 14.8 Å². The zero-order chi connectivity index (χ0) is 21.4. The third kappa shape index (κ3) is 7.63. The van der Waals surface area contributed by atoms with Gasteiger partial charge in [-0.3, -0.25) is 9.69 Å². The highest BCUT2D eigenvalue weighted by Crippen LogP contribution is 2.24. The Balaban J connectivity index is 1.83. The molecular weight excluding hydrogens is 364 g/mol. The van der Waals surface area contributed by atoms with Crippen LogP contribution in [0.15, 0.2) is 24.3 Å². The lowest BCUT2D eigenvalue weighted by atomic mass is 9.92. The van der Waals surface area contributed by atoms with Gasteiger partial charge in [0.25, 0.3) is 5.91 Å². The second kappa shape index (κ2) is 11.0. The molecule has 0 saturated carbocycles. The molecule has 1 N–H and O–H groups in total. The summed E-state index contributed by atoms with van der Waals surface area (Å²) >= 11 is 0. The Bertz CT molecular complexity index is 622. The molecule has 0 aliphatic carbocycles. The summed E-state index contributed by atoms with van der Waals surface area (Å²) in [5.41, 5.74) is -0.0587. The third-order valence-corrected chi connectivity index (χ3v) is 5.47. The highest BCUT2D eigenvalue weighted by Gasteiger charge is 2.34. The molecule has 1 aromatic carbocycles. The topological polar surface area (TPSA) is 50.8 Å². The maximum absolute atomic E-state index is 12.8. The first-order chi connectivity index (χ1) is 13.7. The van der Waals surface area contributed by atoms with Gasteiger partial charge in [-0.1, -0.05) is 27.7 Å². The summed E-state index contributed by atoms with van der Waals surface area (Å²) in [5, 5.41) is 2.99. The average molecular weight is 405 g/mol. The van der Waals surface area contributed by atoms with Crippen molar-refractivity contribution in [1.29, 1.82) is 0 Å². The molecule has 1 saturated heterocycles. The molecule has 5 heteroatoms. The first kappa shape index (κ1) is 23.7. The number of carbonyl (C=O) groups excluding carboxylic acids is 1. The van der Waals surface area contributed by atoms with E-state index in [4.69, 9.17) is 9.47 Å². The van der Waals surface area contributed by atoms with Crippen LogP contribution < -0.4 is 10.1 Å². The summed E-state index contributed by atoms with van der Waals surface area (Å²) in [6, 6.07) is 7.61. The molecule has 1 amide bonds. The Kier molecular flexibility index (Phi) is 8.97. The average Bonchev–Trinajstić information content (AvgIpc) is 2.62. The van der Waals surface area contributed by atoms with Gasteiger partial charge in [0, 0.05) is 31.9 Å². The van der Waals surface area contributed by atoms with Crippen molar-refractivity contribution >= 4 is 11.6 Å². The molecule has 5 nitrogen and oxygen atoms in total. The van der Waals surface area contributed by atoms with E-state index in [2.05, 4.69) is 37.9 Å². The number of hydrogen-bond acceptors (Lipinski definition) is 4. The number of hydrogen-bond donors (Lipinski definition) is 1.